The summed E-state index contributed by atoms with van der Waals surface area (Å²) in [6.45, 7) is 8.24. The Morgan fingerprint density at radius 2 is 1.52 bits per heavy atom. The Hall–Kier alpha value is -2.29. The fourth-order valence-electron chi connectivity index (χ4n) is 2.59. The van der Waals surface area contributed by atoms with E-state index in [0.29, 0.717) is 12.0 Å². The number of aryl methyl sites for hydroxylation is 2. The van der Waals surface area contributed by atoms with Crippen LogP contribution in [0.5, 0.6) is 11.5 Å². The van der Waals surface area contributed by atoms with E-state index in [1.165, 1.54) is 17.7 Å². The first kappa shape index (κ1) is 17.1. The summed E-state index contributed by atoms with van der Waals surface area (Å²) in [5, 5.41) is 19.8. The van der Waals surface area contributed by atoms with Gasteiger partial charge in [0.05, 0.1) is 0 Å². The van der Waals surface area contributed by atoms with Gasteiger partial charge in [-0.3, -0.25) is 4.79 Å². The predicted octanol–water partition coefficient (Wildman–Crippen LogP) is 4.52. The van der Waals surface area contributed by atoms with Crippen LogP contribution >= 0.6 is 0 Å². The summed E-state index contributed by atoms with van der Waals surface area (Å²) < 4.78 is 0. The van der Waals surface area contributed by atoms with Crippen molar-refractivity contribution in [1.82, 2.24) is 0 Å². The lowest BCUT2D eigenvalue weighted by Crippen LogP contribution is -2.10. The third kappa shape index (κ3) is 4.13. The first-order valence-electron chi connectivity index (χ1n) is 7.83. The van der Waals surface area contributed by atoms with Crippen LogP contribution < -0.4 is 0 Å². The van der Waals surface area contributed by atoms with E-state index in [2.05, 4.69) is 32.9 Å². The van der Waals surface area contributed by atoms with E-state index >= 15 is 0 Å². The smallest absolute Gasteiger partial charge is 0.170 e. The number of rotatable bonds is 4. The molecule has 0 atom stereocenters. The minimum absolute atomic E-state index is 0.0157. The summed E-state index contributed by atoms with van der Waals surface area (Å²) in [7, 11) is 0. The fraction of sp³-hybridized carbons (Fsp3) is 0.350. The summed E-state index contributed by atoms with van der Waals surface area (Å²) in [6.07, 6.45) is 0.828. The van der Waals surface area contributed by atoms with Gasteiger partial charge in [0, 0.05) is 6.42 Å². The van der Waals surface area contributed by atoms with E-state index in [0.717, 1.165) is 5.56 Å². The molecule has 0 bridgehead atoms. The molecule has 0 radical (unpaired) electrons. The van der Waals surface area contributed by atoms with Crippen molar-refractivity contribution in [2.45, 2.75) is 46.0 Å². The fourth-order valence-corrected chi connectivity index (χ4v) is 2.59. The molecule has 0 aromatic heterocycles. The van der Waals surface area contributed by atoms with Crippen LogP contribution in [0.3, 0.4) is 0 Å². The van der Waals surface area contributed by atoms with Crippen LogP contribution in [0, 0.1) is 6.92 Å². The topological polar surface area (TPSA) is 57.5 Å². The van der Waals surface area contributed by atoms with Crippen molar-refractivity contribution < 1.29 is 15.0 Å². The van der Waals surface area contributed by atoms with Gasteiger partial charge in [-0.05, 0) is 47.6 Å². The maximum atomic E-state index is 12.3. The molecule has 0 aliphatic carbocycles. The van der Waals surface area contributed by atoms with Gasteiger partial charge >= 0.3 is 0 Å². The molecule has 2 aromatic carbocycles. The van der Waals surface area contributed by atoms with E-state index in [4.69, 9.17) is 0 Å². The van der Waals surface area contributed by atoms with Gasteiger partial charge in [-0.1, -0.05) is 45.0 Å². The summed E-state index contributed by atoms with van der Waals surface area (Å²) >= 11 is 0. The number of phenolic OH excluding ortho intramolecular Hbond substituents is 2. The molecule has 0 saturated carbocycles. The molecule has 0 heterocycles. The Kier molecular flexibility index (Phi) is 4.79. The zero-order valence-electron chi connectivity index (χ0n) is 14.2. The van der Waals surface area contributed by atoms with Crippen LogP contribution in [0.2, 0.25) is 0 Å². The maximum absolute atomic E-state index is 12.3. The van der Waals surface area contributed by atoms with Crippen LogP contribution in [-0.4, -0.2) is 16.0 Å². The Labute approximate surface area is 137 Å². The Balaban J connectivity index is 2.08. The van der Waals surface area contributed by atoms with E-state index in [1.54, 1.807) is 6.92 Å². The van der Waals surface area contributed by atoms with Crippen molar-refractivity contribution in [2.24, 2.45) is 0 Å². The molecular weight excluding hydrogens is 288 g/mol. The van der Waals surface area contributed by atoms with Gasteiger partial charge in [0.25, 0.3) is 0 Å². The molecule has 3 heteroatoms. The number of phenols is 2. The van der Waals surface area contributed by atoms with Crippen LogP contribution in [-0.2, 0) is 11.8 Å². The molecule has 23 heavy (non-hydrogen) atoms. The molecule has 0 saturated heterocycles. The normalized spacial score (nSPS) is 11.5. The number of benzene rings is 2. The Morgan fingerprint density at radius 3 is 2.00 bits per heavy atom. The Bertz CT molecular complexity index is 684. The minimum Gasteiger partial charge on any atom is -0.507 e. The SMILES string of the molecule is Cc1cc(O)c(C(=O)CCc2ccc(C(C)(C)C)cc2)c(O)c1. The number of aromatic hydroxyl groups is 2. The first-order chi connectivity index (χ1) is 10.7. The molecule has 0 fully saturated rings. The molecule has 0 aliphatic heterocycles. The van der Waals surface area contributed by atoms with Crippen molar-refractivity contribution in [1.29, 1.82) is 0 Å². The lowest BCUT2D eigenvalue weighted by Gasteiger charge is -2.19. The van der Waals surface area contributed by atoms with Crippen molar-refractivity contribution in [3.63, 3.8) is 0 Å². The lowest BCUT2D eigenvalue weighted by molar-refractivity contribution is 0.0977. The minimum atomic E-state index is -0.250. The molecule has 2 rings (SSSR count). The van der Waals surface area contributed by atoms with Gasteiger partial charge in [-0.25, -0.2) is 0 Å². The highest BCUT2D eigenvalue weighted by molar-refractivity contribution is 6.01. The molecule has 122 valence electrons. The van der Waals surface area contributed by atoms with Gasteiger partial charge in [-0.15, -0.1) is 0 Å². The third-order valence-corrected chi connectivity index (χ3v) is 3.98. The molecule has 0 unspecified atom stereocenters. The van der Waals surface area contributed by atoms with E-state index in [-0.39, 0.29) is 34.7 Å². The van der Waals surface area contributed by atoms with Crippen LogP contribution in [0.1, 0.15) is 54.2 Å². The van der Waals surface area contributed by atoms with E-state index < -0.39 is 0 Å². The van der Waals surface area contributed by atoms with Crippen LogP contribution in [0.15, 0.2) is 36.4 Å². The number of hydrogen-bond acceptors (Lipinski definition) is 3. The van der Waals surface area contributed by atoms with Gasteiger partial charge in [0.1, 0.15) is 17.1 Å². The molecule has 2 N–H and O–H groups in total. The number of hydrogen-bond donors (Lipinski definition) is 2. The quantitative estimate of drug-likeness (QED) is 0.816. The largest absolute Gasteiger partial charge is 0.507 e. The number of carbonyl (C=O) groups excluding carboxylic acids is 1. The second-order valence-corrected chi connectivity index (χ2v) is 7.05. The molecule has 0 spiro atoms. The van der Waals surface area contributed by atoms with Gasteiger partial charge in [0.2, 0.25) is 0 Å². The third-order valence-electron chi connectivity index (χ3n) is 3.98. The van der Waals surface area contributed by atoms with Gasteiger partial charge < -0.3 is 10.2 Å². The molecule has 2 aromatic rings. The molecule has 3 nitrogen and oxygen atoms in total. The number of Topliss-reactive ketones (excluding diaryl/α,β-unsaturated/α-hetero) is 1. The highest BCUT2D eigenvalue weighted by atomic mass is 16.3. The van der Waals surface area contributed by atoms with Gasteiger partial charge in [-0.2, -0.15) is 0 Å². The monoisotopic (exact) mass is 312 g/mol. The van der Waals surface area contributed by atoms with Crippen molar-refractivity contribution in [3.8, 4) is 11.5 Å². The van der Waals surface area contributed by atoms with Gasteiger partial charge in [0.15, 0.2) is 5.78 Å². The lowest BCUT2D eigenvalue weighted by atomic mass is 9.86. The molecule has 0 aliphatic rings. The average molecular weight is 312 g/mol. The highest BCUT2D eigenvalue weighted by Gasteiger charge is 2.17. The average Bonchev–Trinajstić information content (AvgIpc) is 2.43. The second kappa shape index (κ2) is 6.45. The van der Waals surface area contributed by atoms with E-state index in [1.807, 2.05) is 12.1 Å². The molecular formula is C20H24O3. The highest BCUT2D eigenvalue weighted by Crippen LogP contribution is 2.30. The predicted molar refractivity (Wildman–Crippen MR) is 92.3 cm³/mol. The summed E-state index contributed by atoms with van der Waals surface area (Å²) in [5.74, 6) is -0.564. The first-order valence-corrected chi connectivity index (χ1v) is 7.83. The summed E-state index contributed by atoms with van der Waals surface area (Å²) in [4.78, 5) is 12.3. The zero-order valence-corrected chi connectivity index (χ0v) is 14.2. The van der Waals surface area contributed by atoms with Crippen molar-refractivity contribution in [3.05, 3.63) is 58.7 Å². The Morgan fingerprint density at radius 1 is 1.00 bits per heavy atom. The zero-order chi connectivity index (χ0) is 17.2. The van der Waals surface area contributed by atoms with Crippen LogP contribution in [0.25, 0.3) is 0 Å². The maximum Gasteiger partial charge on any atom is 0.170 e. The number of ketones is 1. The van der Waals surface area contributed by atoms with E-state index in [9.17, 15) is 15.0 Å². The van der Waals surface area contributed by atoms with Crippen molar-refractivity contribution >= 4 is 5.78 Å². The second-order valence-electron chi connectivity index (χ2n) is 7.05. The standard InChI is InChI=1S/C20H24O3/c1-13-11-17(22)19(18(23)12-13)16(21)10-7-14-5-8-15(9-6-14)20(2,3)4/h5-6,8-9,11-12,22-23H,7,10H2,1-4H3. The summed E-state index contributed by atoms with van der Waals surface area (Å²) in [5.41, 5.74) is 3.16. The summed E-state index contributed by atoms with van der Waals surface area (Å²) in [6, 6.07) is 11.2. The molecule has 0 amide bonds. The van der Waals surface area contributed by atoms with Crippen LogP contribution in [0.4, 0.5) is 0 Å². The number of carbonyl (C=O) groups is 1. The van der Waals surface area contributed by atoms with Crippen molar-refractivity contribution in [2.75, 3.05) is 0 Å².